The largest absolute Gasteiger partial charge is 0.416 e. The molecular weight excluding hydrogens is 281 g/mol. The van der Waals surface area contributed by atoms with Crippen molar-refractivity contribution >= 4 is 11.6 Å². The second-order valence-corrected chi connectivity index (χ2v) is 4.89. The van der Waals surface area contributed by atoms with E-state index in [9.17, 15) is 18.0 Å². The summed E-state index contributed by atoms with van der Waals surface area (Å²) in [6.07, 6.45) is -1.14. The standard InChI is InChI=1S/C15H11F3N2O/c16-15(17,18)10-3-4-13-12(6-10)11(7-14(21)20-13)9-2-1-5-19-8-9/h1-6,8,11H,7H2,(H,20,21). The van der Waals surface area contributed by atoms with Crippen LogP contribution in [-0.4, -0.2) is 10.9 Å². The van der Waals surface area contributed by atoms with Crippen LogP contribution in [0, 0.1) is 0 Å². The highest BCUT2D eigenvalue weighted by Crippen LogP contribution is 2.40. The van der Waals surface area contributed by atoms with E-state index in [-0.39, 0.29) is 12.3 Å². The predicted octanol–water partition coefficient (Wildman–Crippen LogP) is 3.57. The molecule has 0 saturated carbocycles. The average Bonchev–Trinajstić information content (AvgIpc) is 2.46. The summed E-state index contributed by atoms with van der Waals surface area (Å²) in [6.45, 7) is 0. The molecule has 3 nitrogen and oxygen atoms in total. The second-order valence-electron chi connectivity index (χ2n) is 4.89. The monoisotopic (exact) mass is 292 g/mol. The van der Waals surface area contributed by atoms with Crippen LogP contribution in [-0.2, 0) is 11.0 Å². The van der Waals surface area contributed by atoms with Crippen LogP contribution in [0.1, 0.15) is 29.0 Å². The van der Waals surface area contributed by atoms with Gasteiger partial charge in [0.1, 0.15) is 0 Å². The first-order valence-electron chi connectivity index (χ1n) is 6.36. The highest BCUT2D eigenvalue weighted by atomic mass is 19.4. The lowest BCUT2D eigenvalue weighted by Crippen LogP contribution is -2.24. The number of anilines is 1. The quantitative estimate of drug-likeness (QED) is 0.873. The van der Waals surface area contributed by atoms with Crippen LogP contribution in [0.4, 0.5) is 18.9 Å². The van der Waals surface area contributed by atoms with Crippen molar-refractivity contribution in [2.24, 2.45) is 0 Å². The molecule has 0 aliphatic carbocycles. The number of amides is 1. The zero-order valence-corrected chi connectivity index (χ0v) is 10.8. The summed E-state index contributed by atoms with van der Waals surface area (Å²) in [5.74, 6) is -0.624. The minimum absolute atomic E-state index is 0.111. The van der Waals surface area contributed by atoms with Crippen LogP contribution in [0.15, 0.2) is 42.7 Å². The van der Waals surface area contributed by atoms with Crippen LogP contribution in [0.5, 0.6) is 0 Å². The summed E-state index contributed by atoms with van der Waals surface area (Å²) < 4.78 is 38.6. The lowest BCUT2D eigenvalue weighted by atomic mass is 9.84. The molecule has 1 unspecified atom stereocenters. The molecule has 1 aliphatic rings. The Kier molecular flexibility index (Phi) is 3.16. The fraction of sp³-hybridized carbons (Fsp3) is 0.200. The Labute approximate surface area is 118 Å². The minimum Gasteiger partial charge on any atom is -0.326 e. The second kappa shape index (κ2) is 4.87. The Balaban J connectivity index is 2.12. The highest BCUT2D eigenvalue weighted by molar-refractivity contribution is 5.95. The number of aromatic nitrogens is 1. The fourth-order valence-electron chi connectivity index (χ4n) is 2.52. The minimum atomic E-state index is -4.41. The summed E-state index contributed by atoms with van der Waals surface area (Å²) in [4.78, 5) is 15.7. The number of carbonyl (C=O) groups excluding carboxylic acids is 1. The van der Waals surface area contributed by atoms with Crippen molar-refractivity contribution in [3.05, 3.63) is 59.4 Å². The van der Waals surface area contributed by atoms with Crippen LogP contribution < -0.4 is 5.32 Å². The molecule has 6 heteroatoms. The molecule has 21 heavy (non-hydrogen) atoms. The smallest absolute Gasteiger partial charge is 0.326 e. The van der Waals surface area contributed by atoms with Crippen LogP contribution >= 0.6 is 0 Å². The average molecular weight is 292 g/mol. The maximum atomic E-state index is 12.9. The number of alkyl halides is 3. The Morgan fingerprint density at radius 3 is 2.71 bits per heavy atom. The summed E-state index contributed by atoms with van der Waals surface area (Å²) in [5, 5.41) is 2.61. The number of carbonyl (C=O) groups is 1. The van der Waals surface area contributed by atoms with Gasteiger partial charge < -0.3 is 5.32 Å². The maximum Gasteiger partial charge on any atom is 0.416 e. The number of nitrogens with zero attached hydrogens (tertiary/aromatic N) is 1. The number of fused-ring (bicyclic) bond motifs is 1. The van der Waals surface area contributed by atoms with Crippen molar-refractivity contribution in [1.29, 1.82) is 0 Å². The summed E-state index contributed by atoms with van der Waals surface area (Å²) in [5.41, 5.74) is 0.907. The van der Waals surface area contributed by atoms with Crippen LogP contribution in [0.3, 0.4) is 0 Å². The molecule has 0 spiro atoms. The third-order valence-electron chi connectivity index (χ3n) is 3.50. The molecule has 1 aliphatic heterocycles. The van der Waals surface area contributed by atoms with E-state index in [4.69, 9.17) is 0 Å². The number of benzene rings is 1. The van der Waals surface area contributed by atoms with Gasteiger partial charge in [-0.1, -0.05) is 6.07 Å². The molecule has 2 heterocycles. The molecular formula is C15H11F3N2O. The van der Waals surface area contributed by atoms with Crippen molar-refractivity contribution in [2.45, 2.75) is 18.5 Å². The van der Waals surface area contributed by atoms with E-state index in [0.717, 1.165) is 17.7 Å². The van der Waals surface area contributed by atoms with Gasteiger partial charge in [-0.25, -0.2) is 0 Å². The molecule has 0 fully saturated rings. The Hall–Kier alpha value is -2.37. The molecule has 0 bridgehead atoms. The fourth-order valence-corrected chi connectivity index (χ4v) is 2.52. The lowest BCUT2D eigenvalue weighted by Gasteiger charge is -2.26. The topological polar surface area (TPSA) is 42.0 Å². The number of rotatable bonds is 1. The maximum absolute atomic E-state index is 12.9. The number of nitrogens with one attached hydrogen (secondary N) is 1. The first kappa shape index (κ1) is 13.6. The molecule has 1 aromatic carbocycles. The Morgan fingerprint density at radius 2 is 2.05 bits per heavy atom. The SMILES string of the molecule is O=C1CC(c2cccnc2)c2cc(C(F)(F)F)ccc2N1. The molecule has 0 saturated heterocycles. The van der Waals surface area contributed by atoms with Crippen LogP contribution in [0.2, 0.25) is 0 Å². The zero-order chi connectivity index (χ0) is 15.0. The lowest BCUT2D eigenvalue weighted by molar-refractivity contribution is -0.137. The van der Waals surface area contributed by atoms with Gasteiger partial charge in [0, 0.05) is 30.4 Å². The first-order chi connectivity index (χ1) is 9.95. The van der Waals surface area contributed by atoms with E-state index in [2.05, 4.69) is 10.3 Å². The van der Waals surface area contributed by atoms with Gasteiger partial charge >= 0.3 is 6.18 Å². The first-order valence-corrected chi connectivity index (χ1v) is 6.36. The van der Waals surface area contributed by atoms with Gasteiger partial charge in [0.25, 0.3) is 0 Å². The number of halogens is 3. The molecule has 108 valence electrons. The van der Waals surface area contributed by atoms with Crippen molar-refractivity contribution in [3.63, 3.8) is 0 Å². The van der Waals surface area contributed by atoms with Crippen molar-refractivity contribution in [1.82, 2.24) is 4.98 Å². The van der Waals surface area contributed by atoms with Gasteiger partial charge in [-0.3, -0.25) is 9.78 Å². The summed E-state index contributed by atoms with van der Waals surface area (Å²) >= 11 is 0. The third-order valence-corrected chi connectivity index (χ3v) is 3.50. The molecule has 1 atom stereocenters. The molecule has 1 amide bonds. The molecule has 0 radical (unpaired) electrons. The van der Waals surface area contributed by atoms with E-state index in [0.29, 0.717) is 11.3 Å². The Bertz CT molecular complexity index is 683. The van der Waals surface area contributed by atoms with Gasteiger partial charge in [0.2, 0.25) is 5.91 Å². The predicted molar refractivity (Wildman–Crippen MR) is 70.8 cm³/mol. The van der Waals surface area contributed by atoms with Gasteiger partial charge in [0.05, 0.1) is 5.56 Å². The normalized spacial score (nSPS) is 18.0. The van der Waals surface area contributed by atoms with E-state index in [1.165, 1.54) is 6.07 Å². The highest BCUT2D eigenvalue weighted by Gasteiger charge is 2.34. The van der Waals surface area contributed by atoms with Gasteiger partial charge in [0.15, 0.2) is 0 Å². The summed E-state index contributed by atoms with van der Waals surface area (Å²) in [7, 11) is 0. The van der Waals surface area contributed by atoms with E-state index >= 15 is 0 Å². The molecule has 3 rings (SSSR count). The number of hydrogen-bond acceptors (Lipinski definition) is 2. The number of hydrogen-bond donors (Lipinski definition) is 1. The van der Waals surface area contributed by atoms with Gasteiger partial charge in [-0.2, -0.15) is 13.2 Å². The van der Waals surface area contributed by atoms with E-state index < -0.39 is 17.7 Å². The third kappa shape index (κ3) is 2.61. The molecule has 1 aromatic heterocycles. The van der Waals surface area contributed by atoms with Crippen LogP contribution in [0.25, 0.3) is 0 Å². The van der Waals surface area contributed by atoms with E-state index in [1.54, 1.807) is 24.5 Å². The Morgan fingerprint density at radius 1 is 1.24 bits per heavy atom. The van der Waals surface area contributed by atoms with E-state index in [1.807, 2.05) is 0 Å². The summed E-state index contributed by atoms with van der Waals surface area (Å²) in [6, 6.07) is 6.85. The van der Waals surface area contributed by atoms with Gasteiger partial charge in [-0.05, 0) is 35.4 Å². The zero-order valence-electron chi connectivity index (χ0n) is 10.8. The number of pyridine rings is 1. The van der Waals surface area contributed by atoms with Gasteiger partial charge in [-0.15, -0.1) is 0 Å². The molecule has 1 N–H and O–H groups in total. The van der Waals surface area contributed by atoms with Crippen molar-refractivity contribution < 1.29 is 18.0 Å². The molecule has 2 aromatic rings. The van der Waals surface area contributed by atoms with Crippen molar-refractivity contribution in [2.75, 3.05) is 5.32 Å². The van der Waals surface area contributed by atoms with Crippen molar-refractivity contribution in [3.8, 4) is 0 Å².